The molecule has 0 spiro atoms. The molecular formula is C7H6Cl2OS. The minimum Gasteiger partial charge on any atom is -0.293 e. The second-order valence-corrected chi connectivity index (χ2v) is 4.06. The third-order valence-electron chi connectivity index (χ3n) is 1.17. The minimum atomic E-state index is 0.0666. The lowest BCUT2D eigenvalue weighted by Gasteiger charge is -1.89. The van der Waals surface area contributed by atoms with Crippen LogP contribution in [0.4, 0.5) is 0 Å². The fraction of sp³-hybridized carbons (Fsp3) is 0.286. The number of carbonyl (C=O) groups excluding carboxylic acids is 1. The Labute approximate surface area is 78.9 Å². The number of ketones is 1. The van der Waals surface area contributed by atoms with Crippen molar-refractivity contribution in [1.29, 1.82) is 0 Å². The zero-order valence-corrected chi connectivity index (χ0v) is 7.97. The van der Waals surface area contributed by atoms with E-state index in [4.69, 9.17) is 23.2 Å². The van der Waals surface area contributed by atoms with Crippen LogP contribution >= 0.6 is 34.5 Å². The molecule has 4 heteroatoms. The highest BCUT2D eigenvalue weighted by molar-refractivity contribution is 7.18. The maximum atomic E-state index is 11.1. The minimum absolute atomic E-state index is 0.0666. The van der Waals surface area contributed by atoms with Gasteiger partial charge in [0, 0.05) is 12.3 Å². The van der Waals surface area contributed by atoms with Gasteiger partial charge in [-0.05, 0) is 12.1 Å². The first-order chi connectivity index (χ1) is 5.24. The summed E-state index contributed by atoms with van der Waals surface area (Å²) in [4.78, 5) is 11.8. The number of hydrogen-bond donors (Lipinski definition) is 0. The topological polar surface area (TPSA) is 17.1 Å². The average molecular weight is 209 g/mol. The number of halogens is 2. The summed E-state index contributed by atoms with van der Waals surface area (Å²) >= 11 is 12.3. The molecule has 0 aliphatic heterocycles. The Morgan fingerprint density at radius 2 is 2.27 bits per heavy atom. The van der Waals surface area contributed by atoms with E-state index in [-0.39, 0.29) is 5.78 Å². The van der Waals surface area contributed by atoms with E-state index in [2.05, 4.69) is 0 Å². The van der Waals surface area contributed by atoms with Crippen LogP contribution in [-0.2, 0) is 0 Å². The first kappa shape index (κ1) is 9.04. The Kier molecular flexibility index (Phi) is 3.37. The maximum Gasteiger partial charge on any atom is 0.174 e. The molecule has 0 saturated heterocycles. The molecule has 0 amide bonds. The lowest BCUT2D eigenvalue weighted by atomic mass is 10.3. The molecule has 60 valence electrons. The van der Waals surface area contributed by atoms with Crippen molar-refractivity contribution in [3.63, 3.8) is 0 Å². The molecule has 0 bridgehead atoms. The quantitative estimate of drug-likeness (QED) is 0.551. The van der Waals surface area contributed by atoms with E-state index in [1.807, 2.05) is 0 Å². The van der Waals surface area contributed by atoms with Crippen molar-refractivity contribution in [2.75, 3.05) is 5.88 Å². The van der Waals surface area contributed by atoms with E-state index in [1.54, 1.807) is 12.1 Å². The Balaban J connectivity index is 2.69. The van der Waals surface area contributed by atoms with Crippen molar-refractivity contribution in [2.45, 2.75) is 6.42 Å². The van der Waals surface area contributed by atoms with Gasteiger partial charge in [0.1, 0.15) is 0 Å². The summed E-state index contributed by atoms with van der Waals surface area (Å²) in [5.74, 6) is 0.436. The van der Waals surface area contributed by atoms with Crippen molar-refractivity contribution in [3.05, 3.63) is 21.3 Å². The van der Waals surface area contributed by atoms with Crippen molar-refractivity contribution >= 4 is 40.3 Å². The number of rotatable bonds is 3. The van der Waals surface area contributed by atoms with Gasteiger partial charge in [-0.2, -0.15) is 0 Å². The third kappa shape index (κ3) is 2.47. The van der Waals surface area contributed by atoms with Gasteiger partial charge >= 0.3 is 0 Å². The van der Waals surface area contributed by atoms with Crippen LogP contribution in [0.3, 0.4) is 0 Å². The van der Waals surface area contributed by atoms with E-state index in [9.17, 15) is 4.79 Å². The number of carbonyl (C=O) groups is 1. The summed E-state index contributed by atoms with van der Waals surface area (Å²) < 4.78 is 0.642. The van der Waals surface area contributed by atoms with Crippen LogP contribution in [0.2, 0.25) is 4.34 Å². The standard InChI is InChI=1S/C7H6Cl2OS/c8-4-3-5(10)6-1-2-7(9)11-6/h1-2H,3-4H2. The van der Waals surface area contributed by atoms with Gasteiger partial charge < -0.3 is 0 Å². The van der Waals surface area contributed by atoms with E-state index >= 15 is 0 Å². The van der Waals surface area contributed by atoms with Crippen LogP contribution in [-0.4, -0.2) is 11.7 Å². The molecular weight excluding hydrogens is 203 g/mol. The van der Waals surface area contributed by atoms with Crippen LogP contribution < -0.4 is 0 Å². The summed E-state index contributed by atoms with van der Waals surface area (Å²) in [6.07, 6.45) is 0.387. The van der Waals surface area contributed by atoms with Crippen molar-refractivity contribution in [2.24, 2.45) is 0 Å². The molecule has 0 aromatic carbocycles. The molecule has 0 aliphatic rings. The maximum absolute atomic E-state index is 11.1. The van der Waals surface area contributed by atoms with Crippen LogP contribution in [0.5, 0.6) is 0 Å². The van der Waals surface area contributed by atoms with Crippen LogP contribution in [0.15, 0.2) is 12.1 Å². The van der Waals surface area contributed by atoms with Gasteiger partial charge in [-0.3, -0.25) is 4.79 Å². The van der Waals surface area contributed by atoms with Crippen LogP contribution in [0, 0.1) is 0 Å². The molecule has 1 heterocycles. The predicted molar refractivity (Wildman–Crippen MR) is 49.0 cm³/mol. The lowest BCUT2D eigenvalue weighted by molar-refractivity contribution is 0.0993. The number of alkyl halides is 1. The third-order valence-corrected chi connectivity index (χ3v) is 2.63. The predicted octanol–water partition coefficient (Wildman–Crippen LogP) is 3.21. The van der Waals surface area contributed by atoms with E-state index < -0.39 is 0 Å². The van der Waals surface area contributed by atoms with Gasteiger partial charge in [-0.1, -0.05) is 11.6 Å². The largest absolute Gasteiger partial charge is 0.293 e. The van der Waals surface area contributed by atoms with E-state index in [0.29, 0.717) is 21.5 Å². The molecule has 1 aromatic heterocycles. The molecule has 1 nitrogen and oxygen atoms in total. The van der Waals surface area contributed by atoms with Crippen LogP contribution in [0.1, 0.15) is 16.1 Å². The highest BCUT2D eigenvalue weighted by Gasteiger charge is 2.06. The zero-order chi connectivity index (χ0) is 8.27. The van der Waals surface area contributed by atoms with E-state index in [1.165, 1.54) is 11.3 Å². The van der Waals surface area contributed by atoms with Gasteiger partial charge in [-0.15, -0.1) is 22.9 Å². The number of thiophene rings is 1. The molecule has 1 rings (SSSR count). The molecule has 0 aliphatic carbocycles. The molecule has 0 N–H and O–H groups in total. The highest BCUT2D eigenvalue weighted by Crippen LogP contribution is 2.22. The Morgan fingerprint density at radius 1 is 1.55 bits per heavy atom. The molecule has 0 atom stereocenters. The molecule has 0 saturated carbocycles. The van der Waals surface area contributed by atoms with Gasteiger partial charge in [0.05, 0.1) is 9.21 Å². The van der Waals surface area contributed by atoms with Gasteiger partial charge in [0.15, 0.2) is 5.78 Å². The summed E-state index contributed by atoms with van der Waals surface area (Å²) in [5, 5.41) is 0. The van der Waals surface area contributed by atoms with Crippen molar-refractivity contribution in [1.82, 2.24) is 0 Å². The second kappa shape index (κ2) is 4.10. The smallest absolute Gasteiger partial charge is 0.174 e. The molecule has 0 fully saturated rings. The Hall–Kier alpha value is -0.0500. The SMILES string of the molecule is O=C(CCCl)c1ccc(Cl)s1. The Bertz CT molecular complexity index is 257. The van der Waals surface area contributed by atoms with Crippen molar-refractivity contribution in [3.8, 4) is 0 Å². The van der Waals surface area contributed by atoms with E-state index in [0.717, 1.165) is 0 Å². The fourth-order valence-corrected chi connectivity index (χ4v) is 1.86. The number of hydrogen-bond acceptors (Lipinski definition) is 2. The fourth-order valence-electron chi connectivity index (χ4n) is 0.673. The molecule has 1 aromatic rings. The first-order valence-corrected chi connectivity index (χ1v) is 4.81. The van der Waals surface area contributed by atoms with Gasteiger partial charge in [-0.25, -0.2) is 0 Å². The lowest BCUT2D eigenvalue weighted by Crippen LogP contribution is -1.95. The molecule has 11 heavy (non-hydrogen) atoms. The summed E-state index contributed by atoms with van der Waals surface area (Å²) in [7, 11) is 0. The summed E-state index contributed by atoms with van der Waals surface area (Å²) in [5.41, 5.74) is 0. The molecule has 0 radical (unpaired) electrons. The Morgan fingerprint density at radius 3 is 2.73 bits per heavy atom. The zero-order valence-electron chi connectivity index (χ0n) is 5.64. The van der Waals surface area contributed by atoms with Crippen molar-refractivity contribution < 1.29 is 4.79 Å². The van der Waals surface area contributed by atoms with Gasteiger partial charge in [0.2, 0.25) is 0 Å². The van der Waals surface area contributed by atoms with Gasteiger partial charge in [0.25, 0.3) is 0 Å². The second-order valence-electron chi connectivity index (χ2n) is 1.97. The monoisotopic (exact) mass is 208 g/mol. The summed E-state index contributed by atoms with van der Waals surface area (Å²) in [6, 6.07) is 3.44. The summed E-state index contributed by atoms with van der Waals surface area (Å²) in [6.45, 7) is 0. The molecule has 0 unspecified atom stereocenters. The average Bonchev–Trinajstić information content (AvgIpc) is 2.36. The first-order valence-electron chi connectivity index (χ1n) is 3.08. The number of Topliss-reactive ketones (excluding diaryl/α,β-unsaturated/α-hetero) is 1. The normalized spacial score (nSPS) is 10.0. The highest BCUT2D eigenvalue weighted by atomic mass is 35.5. The van der Waals surface area contributed by atoms with Crippen LogP contribution in [0.25, 0.3) is 0 Å².